The maximum Gasteiger partial charge on any atom is 0.255 e. The number of aliphatic imine (C=N–C) groups is 1. The second-order valence-corrected chi connectivity index (χ2v) is 10.3. The van der Waals surface area contributed by atoms with E-state index in [-0.39, 0.29) is 28.7 Å². The highest BCUT2D eigenvalue weighted by molar-refractivity contribution is 8.15. The third kappa shape index (κ3) is 4.23. The first-order valence-corrected chi connectivity index (χ1v) is 11.8. The fourth-order valence-electron chi connectivity index (χ4n) is 3.27. The second-order valence-electron chi connectivity index (χ2n) is 6.94. The molecular weight excluding hydrogens is 394 g/mol. The zero-order chi connectivity index (χ0) is 19.7. The summed E-state index contributed by atoms with van der Waals surface area (Å²) in [5.41, 5.74) is 3.37. The average molecular weight is 416 g/mol. The summed E-state index contributed by atoms with van der Waals surface area (Å²) in [6, 6.07) is 14.8. The van der Waals surface area contributed by atoms with Gasteiger partial charge in [0.1, 0.15) is 0 Å². The summed E-state index contributed by atoms with van der Waals surface area (Å²) < 4.78 is 23.3. The van der Waals surface area contributed by atoms with Crippen LogP contribution in [0.2, 0.25) is 0 Å². The third-order valence-corrected chi connectivity index (χ3v) is 7.98. The molecule has 1 fully saturated rings. The van der Waals surface area contributed by atoms with Crippen LogP contribution in [0.3, 0.4) is 0 Å². The lowest BCUT2D eigenvalue weighted by Crippen LogP contribution is -2.13. The standard InChI is InChI=1S/C20H21N3O3S2/c1-2-13-3-7-15(8-4-13)21-19(24)14-5-9-16(10-6-14)22-20-23-17-11-28(25,26)12-18(17)27-20/h3-10,17-18H,2,11-12H2,1H3,(H,21,24)(H,22,23)/t17-,18-/m1/s1. The number of amidine groups is 1. The molecule has 0 aliphatic carbocycles. The van der Waals surface area contributed by atoms with E-state index in [0.29, 0.717) is 5.56 Å². The molecule has 0 spiro atoms. The van der Waals surface area contributed by atoms with Crippen LogP contribution in [-0.2, 0) is 16.3 Å². The van der Waals surface area contributed by atoms with Gasteiger partial charge in [0, 0.05) is 22.2 Å². The molecular formula is C20H21N3O3S2. The molecule has 0 saturated carbocycles. The van der Waals surface area contributed by atoms with Crippen LogP contribution in [-0.4, -0.2) is 42.3 Å². The quantitative estimate of drug-likeness (QED) is 0.801. The number of fused-ring (bicyclic) bond motifs is 1. The Labute approximate surface area is 168 Å². The van der Waals surface area contributed by atoms with E-state index >= 15 is 0 Å². The first-order chi connectivity index (χ1) is 13.4. The summed E-state index contributed by atoms with van der Waals surface area (Å²) in [6.45, 7) is 2.09. The van der Waals surface area contributed by atoms with Crippen LogP contribution in [0, 0.1) is 0 Å². The number of nitrogens with one attached hydrogen (secondary N) is 2. The Morgan fingerprint density at radius 3 is 2.39 bits per heavy atom. The molecule has 0 aromatic heterocycles. The summed E-state index contributed by atoms with van der Waals surface area (Å²) in [4.78, 5) is 16.9. The molecule has 28 heavy (non-hydrogen) atoms. The van der Waals surface area contributed by atoms with E-state index in [1.54, 1.807) is 12.1 Å². The Morgan fingerprint density at radius 2 is 1.75 bits per heavy atom. The summed E-state index contributed by atoms with van der Waals surface area (Å²) in [5, 5.41) is 6.85. The minimum Gasteiger partial charge on any atom is -0.335 e. The number of amides is 1. The van der Waals surface area contributed by atoms with Crippen molar-refractivity contribution in [3.63, 3.8) is 0 Å². The fraction of sp³-hybridized carbons (Fsp3) is 0.300. The first kappa shape index (κ1) is 19.0. The van der Waals surface area contributed by atoms with Crippen molar-refractivity contribution in [3.05, 3.63) is 59.7 Å². The van der Waals surface area contributed by atoms with Gasteiger partial charge in [-0.15, -0.1) is 0 Å². The van der Waals surface area contributed by atoms with Gasteiger partial charge >= 0.3 is 0 Å². The predicted molar refractivity (Wildman–Crippen MR) is 115 cm³/mol. The molecule has 2 aromatic rings. The van der Waals surface area contributed by atoms with Gasteiger partial charge in [-0.2, -0.15) is 0 Å². The summed E-state index contributed by atoms with van der Waals surface area (Å²) in [7, 11) is -2.95. The van der Waals surface area contributed by atoms with Crippen molar-refractivity contribution in [2.45, 2.75) is 24.6 Å². The van der Waals surface area contributed by atoms with Crippen molar-refractivity contribution in [1.29, 1.82) is 0 Å². The number of anilines is 2. The van der Waals surface area contributed by atoms with Crippen LogP contribution in [0.5, 0.6) is 0 Å². The lowest BCUT2D eigenvalue weighted by molar-refractivity contribution is 0.102. The molecule has 0 radical (unpaired) electrons. The zero-order valence-electron chi connectivity index (χ0n) is 15.4. The lowest BCUT2D eigenvalue weighted by Gasteiger charge is -2.09. The van der Waals surface area contributed by atoms with Gasteiger partial charge in [-0.3, -0.25) is 9.79 Å². The van der Waals surface area contributed by atoms with E-state index in [0.717, 1.165) is 23.0 Å². The SMILES string of the molecule is CCc1ccc(NC(=O)c2ccc(NC3=N[C@@H]4CS(=O)(=O)C[C@H]4S3)cc2)cc1. The van der Waals surface area contributed by atoms with Gasteiger partial charge in [0.15, 0.2) is 15.0 Å². The maximum absolute atomic E-state index is 12.4. The highest BCUT2D eigenvalue weighted by atomic mass is 32.2. The van der Waals surface area contributed by atoms with Crippen molar-refractivity contribution < 1.29 is 13.2 Å². The van der Waals surface area contributed by atoms with E-state index in [1.165, 1.54) is 17.3 Å². The van der Waals surface area contributed by atoms with E-state index < -0.39 is 9.84 Å². The van der Waals surface area contributed by atoms with Gasteiger partial charge in [0.05, 0.1) is 17.5 Å². The van der Waals surface area contributed by atoms with Crippen molar-refractivity contribution in [2.24, 2.45) is 4.99 Å². The van der Waals surface area contributed by atoms with Crippen molar-refractivity contribution in [2.75, 3.05) is 22.1 Å². The lowest BCUT2D eigenvalue weighted by atomic mass is 10.1. The molecule has 0 unspecified atom stereocenters. The topological polar surface area (TPSA) is 87.6 Å². The van der Waals surface area contributed by atoms with Gasteiger partial charge in [0.25, 0.3) is 5.91 Å². The number of nitrogens with zero attached hydrogens (tertiary/aromatic N) is 1. The number of carbonyl (C=O) groups is 1. The van der Waals surface area contributed by atoms with E-state index in [4.69, 9.17) is 0 Å². The monoisotopic (exact) mass is 415 g/mol. The number of rotatable bonds is 4. The summed E-state index contributed by atoms with van der Waals surface area (Å²) >= 11 is 1.47. The van der Waals surface area contributed by atoms with Crippen molar-refractivity contribution in [3.8, 4) is 0 Å². The van der Waals surface area contributed by atoms with Crippen LogP contribution >= 0.6 is 11.8 Å². The van der Waals surface area contributed by atoms with E-state index in [1.807, 2.05) is 36.4 Å². The summed E-state index contributed by atoms with van der Waals surface area (Å²) in [5.74, 6) is 0.159. The van der Waals surface area contributed by atoms with Gasteiger partial charge in [-0.25, -0.2) is 8.42 Å². The third-order valence-electron chi connectivity index (χ3n) is 4.84. The molecule has 2 N–H and O–H groups in total. The number of hydrogen-bond acceptors (Lipinski definition) is 6. The molecule has 4 rings (SSSR count). The normalized spacial score (nSPS) is 22.4. The number of carbonyl (C=O) groups excluding carboxylic acids is 1. The number of hydrogen-bond donors (Lipinski definition) is 2. The van der Waals surface area contributed by atoms with Crippen LogP contribution in [0.15, 0.2) is 53.5 Å². The molecule has 2 aliphatic heterocycles. The number of thioether (sulfide) groups is 1. The number of benzene rings is 2. The number of sulfone groups is 1. The molecule has 2 aliphatic rings. The average Bonchev–Trinajstić information content (AvgIpc) is 3.15. The van der Waals surface area contributed by atoms with E-state index in [9.17, 15) is 13.2 Å². The van der Waals surface area contributed by atoms with Crippen molar-refractivity contribution in [1.82, 2.24) is 0 Å². The highest BCUT2D eigenvalue weighted by Crippen LogP contribution is 2.34. The largest absolute Gasteiger partial charge is 0.335 e. The number of aryl methyl sites for hydroxylation is 1. The predicted octanol–water partition coefficient (Wildman–Crippen LogP) is 3.18. The molecule has 2 heterocycles. The highest BCUT2D eigenvalue weighted by Gasteiger charge is 2.42. The molecule has 1 saturated heterocycles. The van der Waals surface area contributed by atoms with Gasteiger partial charge in [-0.1, -0.05) is 30.8 Å². The molecule has 2 atom stereocenters. The Morgan fingerprint density at radius 1 is 1.07 bits per heavy atom. The van der Waals surface area contributed by atoms with Gasteiger partial charge in [0.2, 0.25) is 0 Å². The van der Waals surface area contributed by atoms with Crippen LogP contribution < -0.4 is 10.6 Å². The first-order valence-electron chi connectivity index (χ1n) is 9.14. The molecule has 6 nitrogen and oxygen atoms in total. The maximum atomic E-state index is 12.4. The van der Waals surface area contributed by atoms with Gasteiger partial charge in [-0.05, 0) is 48.4 Å². The summed E-state index contributed by atoms with van der Waals surface area (Å²) in [6.07, 6.45) is 0.962. The van der Waals surface area contributed by atoms with E-state index in [2.05, 4.69) is 22.5 Å². The molecule has 146 valence electrons. The minimum atomic E-state index is -2.95. The van der Waals surface area contributed by atoms with Crippen LogP contribution in [0.25, 0.3) is 0 Å². The Balaban J connectivity index is 1.37. The van der Waals surface area contributed by atoms with Gasteiger partial charge < -0.3 is 10.6 Å². The molecule has 8 heteroatoms. The molecule has 2 aromatic carbocycles. The zero-order valence-corrected chi connectivity index (χ0v) is 17.0. The Hall–Kier alpha value is -2.32. The Kier molecular flexibility index (Phi) is 5.16. The smallest absolute Gasteiger partial charge is 0.255 e. The molecule has 0 bridgehead atoms. The molecule has 1 amide bonds. The Bertz CT molecular complexity index is 1020. The second kappa shape index (κ2) is 7.60. The van der Waals surface area contributed by atoms with Crippen LogP contribution in [0.1, 0.15) is 22.8 Å². The van der Waals surface area contributed by atoms with Crippen molar-refractivity contribution >= 4 is 44.0 Å². The van der Waals surface area contributed by atoms with Crippen LogP contribution in [0.4, 0.5) is 11.4 Å². The minimum absolute atomic E-state index is 0.0108. The fourth-order valence-corrected chi connectivity index (χ4v) is 6.95.